The zero-order valence-corrected chi connectivity index (χ0v) is 7.00. The van der Waals surface area contributed by atoms with Gasteiger partial charge in [-0.3, -0.25) is 0 Å². The topological polar surface area (TPSA) is 101 Å². The Balaban J connectivity index is 3.53. The minimum atomic E-state index is -3.67. The summed E-state index contributed by atoms with van der Waals surface area (Å²) in [5.41, 5.74) is 0. The standard InChI is InChI=1S/C4H5O4.H2O.O.Ti/c5-2-3(6)1-4(7)8;;;/h1-2H2,(H,7,8);1H2;;/q-1;;;+2/p-1. The van der Waals surface area contributed by atoms with Gasteiger partial charge in [-0.2, -0.15) is 0 Å². The Bertz CT molecular complexity index is 187. The summed E-state index contributed by atoms with van der Waals surface area (Å²) in [7, 11) is 0. The molecule has 0 amide bonds. The van der Waals surface area contributed by atoms with E-state index in [-0.39, 0.29) is 0 Å². The number of Topliss-reactive ketones (excluding diaryl/α,β-unsaturated/α-hetero) is 1. The molecule has 0 radical (unpaired) electrons. The summed E-state index contributed by atoms with van der Waals surface area (Å²) in [4.78, 5) is 20.3. The molecule has 0 atom stereocenters. The van der Waals surface area contributed by atoms with E-state index in [2.05, 4.69) is 3.32 Å². The molecule has 0 aliphatic rings. The second kappa shape index (κ2) is 5.25. The first kappa shape index (κ1) is 10.6. The monoisotopic (exact) mass is 198 g/mol. The van der Waals surface area contributed by atoms with Gasteiger partial charge in [0.05, 0.1) is 0 Å². The van der Waals surface area contributed by atoms with Gasteiger partial charge in [-0.1, -0.05) is 0 Å². The van der Waals surface area contributed by atoms with Crippen molar-refractivity contribution in [2.75, 3.05) is 6.61 Å². The second-order valence-corrected chi connectivity index (χ2v) is 2.95. The molecule has 0 bridgehead atoms. The summed E-state index contributed by atoms with van der Waals surface area (Å²) in [6.07, 6.45) is -0.675. The molecule has 7 heteroatoms. The molecule has 0 spiro atoms. The van der Waals surface area contributed by atoms with E-state index in [9.17, 15) is 12.9 Å². The predicted octanol–water partition coefficient (Wildman–Crippen LogP) is -1.17. The molecule has 6 nitrogen and oxygen atoms in total. The zero-order valence-electron chi connectivity index (χ0n) is 5.44. The number of aliphatic carboxylic acids is 1. The van der Waals surface area contributed by atoms with Crippen LogP contribution in [0.2, 0.25) is 0 Å². The van der Waals surface area contributed by atoms with E-state index in [0.29, 0.717) is 0 Å². The number of carbonyl (C=O) groups is 2. The number of carboxylic acids is 1. The van der Waals surface area contributed by atoms with Crippen molar-refractivity contribution in [1.82, 2.24) is 0 Å². The molecule has 0 aromatic rings. The molecule has 0 aromatic carbocycles. The normalized spacial score (nSPS) is 9.18. The van der Waals surface area contributed by atoms with E-state index in [1.54, 1.807) is 0 Å². The average molecular weight is 198 g/mol. The second-order valence-electron chi connectivity index (χ2n) is 1.66. The molecule has 0 saturated carbocycles. The number of carboxylic acid groups (broad SMARTS) is 1. The Kier molecular flexibility index (Phi) is 5.05. The fraction of sp³-hybridized carbons (Fsp3) is 0.500. The van der Waals surface area contributed by atoms with Gasteiger partial charge >= 0.3 is 68.4 Å². The molecule has 0 heterocycles. The van der Waals surface area contributed by atoms with Crippen LogP contribution in [0.5, 0.6) is 0 Å². The van der Waals surface area contributed by atoms with Crippen LogP contribution in [0.25, 0.3) is 0 Å². The summed E-state index contributed by atoms with van der Waals surface area (Å²) in [5, 5.41) is 8.05. The van der Waals surface area contributed by atoms with Crippen molar-refractivity contribution in [3.63, 3.8) is 0 Å². The van der Waals surface area contributed by atoms with Crippen LogP contribution in [0.1, 0.15) is 6.42 Å². The molecule has 0 fully saturated rings. The van der Waals surface area contributed by atoms with E-state index in [0.717, 1.165) is 0 Å². The van der Waals surface area contributed by atoms with Crippen LogP contribution in [0.15, 0.2) is 0 Å². The molecule has 0 aromatic heterocycles. The number of rotatable bonds is 5. The molecule has 0 unspecified atom stereocenters. The van der Waals surface area contributed by atoms with Gasteiger partial charge in [-0.05, 0) is 0 Å². The van der Waals surface area contributed by atoms with Gasteiger partial charge in [-0.25, -0.2) is 0 Å². The van der Waals surface area contributed by atoms with E-state index >= 15 is 0 Å². The van der Waals surface area contributed by atoms with Crippen LogP contribution in [0.4, 0.5) is 0 Å². The van der Waals surface area contributed by atoms with Gasteiger partial charge < -0.3 is 0 Å². The minimum absolute atomic E-state index is 0.596. The number of hydrogen-bond acceptors (Lipinski definition) is 4. The molecule has 0 rings (SSSR count). The fourth-order valence-electron chi connectivity index (χ4n) is 0.362. The van der Waals surface area contributed by atoms with Crippen molar-refractivity contribution >= 4 is 11.8 Å². The van der Waals surface area contributed by atoms with Gasteiger partial charge in [0.2, 0.25) is 0 Å². The molecule has 0 aliphatic heterocycles. The van der Waals surface area contributed by atoms with Crippen molar-refractivity contribution in [1.29, 1.82) is 0 Å². The third kappa shape index (κ3) is 7.47. The van der Waals surface area contributed by atoms with Crippen LogP contribution in [0, 0.1) is 0 Å². The number of ketones is 1. The molecule has 0 aliphatic carbocycles. The van der Waals surface area contributed by atoms with E-state index in [1.807, 2.05) is 0 Å². The number of carbonyl (C=O) groups excluding carboxylic acids is 1. The third-order valence-electron chi connectivity index (χ3n) is 0.705. The van der Waals surface area contributed by atoms with E-state index < -0.39 is 43.4 Å². The molecule has 11 heavy (non-hydrogen) atoms. The van der Waals surface area contributed by atoms with Crippen LogP contribution in [-0.4, -0.2) is 27.2 Å². The summed E-state index contributed by atoms with van der Waals surface area (Å²) in [6.45, 7) is -0.596. The Morgan fingerprint density at radius 1 is 1.45 bits per heavy atom. The Hall–Kier alpha value is -0.426. The summed E-state index contributed by atoms with van der Waals surface area (Å²) in [6, 6.07) is 0. The van der Waals surface area contributed by atoms with Crippen LogP contribution in [0.3, 0.4) is 0 Å². The maximum atomic E-state index is 10.4. The predicted molar refractivity (Wildman–Crippen MR) is 26.1 cm³/mol. The third-order valence-corrected chi connectivity index (χ3v) is 1.32. The van der Waals surface area contributed by atoms with Gasteiger partial charge in [0.1, 0.15) is 0 Å². The SMILES string of the molecule is O=C(O)CC(=O)C[O][Ti](=[O])[OH]. The zero-order chi connectivity index (χ0) is 8.85. The first-order valence-corrected chi connectivity index (χ1v) is 4.59. The van der Waals surface area contributed by atoms with E-state index in [1.165, 1.54) is 0 Å². The van der Waals surface area contributed by atoms with Crippen molar-refractivity contribution in [2.24, 2.45) is 0 Å². The van der Waals surface area contributed by atoms with Crippen molar-refractivity contribution < 1.29 is 43.6 Å². The maximum absolute atomic E-state index is 10.4. The molecule has 62 valence electrons. The van der Waals surface area contributed by atoms with Crippen LogP contribution in [-0.2, 0) is 34.8 Å². The number of hydrogen-bond donors (Lipinski definition) is 2. The fourth-order valence-corrected chi connectivity index (χ4v) is 0.806. The summed E-state index contributed by atoms with van der Waals surface area (Å²) < 4.78 is 22.1. The van der Waals surface area contributed by atoms with Crippen LogP contribution < -0.4 is 0 Å². The average Bonchev–Trinajstić information content (AvgIpc) is 1.82. The molecule has 2 N–H and O–H groups in total. The molecular formula is C4H6O6Ti. The summed E-state index contributed by atoms with van der Waals surface area (Å²) in [5.74, 6) is -1.99. The molecule has 0 saturated heterocycles. The van der Waals surface area contributed by atoms with E-state index in [4.69, 9.17) is 8.79 Å². The molecular weight excluding hydrogens is 192 g/mol. The van der Waals surface area contributed by atoms with Crippen LogP contribution >= 0.6 is 0 Å². The Morgan fingerprint density at radius 3 is 2.36 bits per heavy atom. The Morgan fingerprint density at radius 2 is 2.00 bits per heavy atom. The van der Waals surface area contributed by atoms with Gasteiger partial charge in [0.25, 0.3) is 0 Å². The van der Waals surface area contributed by atoms with Crippen molar-refractivity contribution in [2.45, 2.75) is 6.42 Å². The van der Waals surface area contributed by atoms with Gasteiger partial charge in [0, 0.05) is 0 Å². The quantitative estimate of drug-likeness (QED) is 0.426. The van der Waals surface area contributed by atoms with Gasteiger partial charge in [-0.15, -0.1) is 0 Å². The van der Waals surface area contributed by atoms with Crippen molar-refractivity contribution in [3.8, 4) is 0 Å². The Labute approximate surface area is 68.9 Å². The van der Waals surface area contributed by atoms with Crippen molar-refractivity contribution in [3.05, 3.63) is 0 Å². The first-order chi connectivity index (χ1) is 5.02. The summed E-state index contributed by atoms with van der Waals surface area (Å²) >= 11 is -3.67. The first-order valence-electron chi connectivity index (χ1n) is 2.61. The van der Waals surface area contributed by atoms with Gasteiger partial charge in [0.15, 0.2) is 0 Å².